The van der Waals surface area contributed by atoms with Gasteiger partial charge in [0.15, 0.2) is 4.33 Å². The van der Waals surface area contributed by atoms with E-state index in [0.717, 1.165) is 0 Å². The zero-order valence-electron chi connectivity index (χ0n) is 7.19. The Morgan fingerprint density at radius 3 is 2.87 bits per heavy atom. The summed E-state index contributed by atoms with van der Waals surface area (Å²) < 4.78 is 3.49. The molecule has 1 heterocycles. The van der Waals surface area contributed by atoms with Crippen molar-refractivity contribution in [2.75, 3.05) is 5.32 Å². The summed E-state index contributed by atoms with van der Waals surface area (Å²) in [6.45, 7) is 0. The highest BCUT2D eigenvalue weighted by molar-refractivity contribution is 6.54. The third-order valence-corrected chi connectivity index (χ3v) is 3.11. The average molecular weight is 268 g/mol. The summed E-state index contributed by atoms with van der Waals surface area (Å²) in [4.78, 5) is 0. The van der Waals surface area contributed by atoms with Crippen molar-refractivity contribution in [3.8, 4) is 0 Å². The highest BCUT2D eigenvalue weighted by atomic mass is 35.5. The molecule has 0 fully saturated rings. The number of halogens is 3. The van der Waals surface area contributed by atoms with Crippen LogP contribution in [0.4, 0.5) is 6.01 Å². The zero-order chi connectivity index (χ0) is 10.9. The molecular formula is C7H5Cl3N4O. The predicted molar refractivity (Wildman–Crippen MR) is 57.0 cm³/mol. The van der Waals surface area contributed by atoms with E-state index in [1.807, 2.05) is 0 Å². The number of rotatable bonds is 2. The lowest BCUT2D eigenvalue weighted by Gasteiger charge is -2.23. The Bertz CT molecular complexity index is 400. The number of nitrogens with zero attached hydrogens (tertiary/aromatic N) is 3. The van der Waals surface area contributed by atoms with Gasteiger partial charge in [0.2, 0.25) is 0 Å². The third kappa shape index (κ3) is 2.42. The van der Waals surface area contributed by atoms with E-state index in [2.05, 4.69) is 25.4 Å². The molecule has 1 aromatic rings. The van der Waals surface area contributed by atoms with Crippen molar-refractivity contribution in [2.45, 2.75) is 9.71 Å². The van der Waals surface area contributed by atoms with E-state index >= 15 is 0 Å². The Hall–Kier alpha value is -0.780. The molecular weight excluding hydrogens is 262 g/mol. The molecule has 80 valence electrons. The molecule has 0 aliphatic heterocycles. The molecule has 2 rings (SSSR count). The fraction of sp³-hybridized carbons (Fsp3) is 0.286. The summed E-state index contributed by atoms with van der Waals surface area (Å²) in [6, 6.07) is 0.156. The monoisotopic (exact) mass is 266 g/mol. The summed E-state index contributed by atoms with van der Waals surface area (Å²) in [5.74, 6) is 0. The molecule has 1 N–H and O–H groups in total. The number of allylic oxidation sites excluding steroid dienone is 3. The molecule has 0 bridgehead atoms. The van der Waals surface area contributed by atoms with E-state index in [0.29, 0.717) is 5.70 Å². The first-order chi connectivity index (χ1) is 7.08. The van der Waals surface area contributed by atoms with Gasteiger partial charge in [0.05, 0.1) is 10.6 Å². The van der Waals surface area contributed by atoms with Crippen LogP contribution in [0.5, 0.6) is 0 Å². The van der Waals surface area contributed by atoms with Crippen molar-refractivity contribution in [1.29, 1.82) is 0 Å². The number of nitrogens with one attached hydrogen (secondary N) is 1. The Labute approximate surface area is 100 Å². The summed E-state index contributed by atoms with van der Waals surface area (Å²) in [6.07, 6.45) is 4.93. The van der Waals surface area contributed by atoms with Gasteiger partial charge in [-0.05, 0) is 17.4 Å². The standard InChI is InChI=1S/C7H5Cl3N4O/c8-5-2-1-4(3-7(5,9)10)11-6-12-13-14-15-6/h1-3,5H,(H,11,12,14). The van der Waals surface area contributed by atoms with Crippen LogP contribution in [0.25, 0.3) is 0 Å². The van der Waals surface area contributed by atoms with E-state index in [4.69, 9.17) is 34.8 Å². The van der Waals surface area contributed by atoms with Crippen LogP contribution < -0.4 is 5.32 Å². The molecule has 0 radical (unpaired) electrons. The molecule has 1 unspecified atom stereocenters. The van der Waals surface area contributed by atoms with Crippen LogP contribution in [0, 0.1) is 0 Å². The maximum Gasteiger partial charge on any atom is 0.346 e. The highest BCUT2D eigenvalue weighted by Crippen LogP contribution is 2.36. The second kappa shape index (κ2) is 4.00. The smallest absolute Gasteiger partial charge is 0.306 e. The van der Waals surface area contributed by atoms with Gasteiger partial charge in [0.1, 0.15) is 0 Å². The quantitative estimate of drug-likeness (QED) is 0.832. The van der Waals surface area contributed by atoms with Crippen LogP contribution in [-0.2, 0) is 0 Å². The fourth-order valence-corrected chi connectivity index (χ4v) is 1.55. The number of alkyl halides is 3. The van der Waals surface area contributed by atoms with Gasteiger partial charge in [-0.25, -0.2) is 0 Å². The molecule has 0 spiro atoms. The van der Waals surface area contributed by atoms with Gasteiger partial charge in [-0.3, -0.25) is 4.52 Å². The first-order valence-corrected chi connectivity index (χ1v) is 5.12. The first kappa shape index (κ1) is 10.7. The van der Waals surface area contributed by atoms with E-state index in [1.165, 1.54) is 0 Å². The van der Waals surface area contributed by atoms with E-state index in [9.17, 15) is 0 Å². The first-order valence-electron chi connectivity index (χ1n) is 3.93. The number of anilines is 1. The van der Waals surface area contributed by atoms with Gasteiger partial charge in [0.25, 0.3) is 0 Å². The van der Waals surface area contributed by atoms with Crippen LogP contribution in [0.1, 0.15) is 0 Å². The molecule has 1 aromatic heterocycles. The molecule has 0 saturated heterocycles. The molecule has 0 saturated carbocycles. The van der Waals surface area contributed by atoms with Gasteiger partial charge in [0, 0.05) is 5.70 Å². The Morgan fingerprint density at radius 2 is 2.27 bits per heavy atom. The second-order valence-electron chi connectivity index (χ2n) is 2.83. The lowest BCUT2D eigenvalue weighted by atomic mass is 10.1. The van der Waals surface area contributed by atoms with Crippen molar-refractivity contribution in [3.05, 3.63) is 23.9 Å². The average Bonchev–Trinajstić information content (AvgIpc) is 2.63. The largest absolute Gasteiger partial charge is 0.346 e. The minimum atomic E-state index is -1.16. The lowest BCUT2D eigenvalue weighted by molar-refractivity contribution is 0.405. The Morgan fingerprint density at radius 1 is 1.47 bits per heavy atom. The van der Waals surface area contributed by atoms with Gasteiger partial charge in [-0.1, -0.05) is 34.4 Å². The SMILES string of the molecule is ClC1C=CC(Nc2nnno2)=CC1(Cl)Cl. The Balaban J connectivity index is 2.15. The lowest BCUT2D eigenvalue weighted by Crippen LogP contribution is -2.26. The van der Waals surface area contributed by atoms with E-state index in [1.54, 1.807) is 18.2 Å². The fourth-order valence-electron chi connectivity index (χ4n) is 1.03. The second-order valence-corrected chi connectivity index (χ2v) is 4.74. The molecule has 0 aromatic carbocycles. The maximum absolute atomic E-state index is 5.94. The van der Waals surface area contributed by atoms with Crippen LogP contribution in [0.2, 0.25) is 0 Å². The minimum absolute atomic E-state index is 0.156. The van der Waals surface area contributed by atoms with Gasteiger partial charge >= 0.3 is 6.01 Å². The molecule has 1 atom stereocenters. The van der Waals surface area contributed by atoms with Crippen molar-refractivity contribution >= 4 is 40.8 Å². The summed E-state index contributed by atoms with van der Waals surface area (Å²) in [5, 5.41) is 12.3. The maximum atomic E-state index is 5.94. The predicted octanol–water partition coefficient (Wildman–Crippen LogP) is 2.11. The van der Waals surface area contributed by atoms with Crippen LogP contribution in [-0.4, -0.2) is 25.3 Å². The molecule has 1 aliphatic rings. The molecule has 15 heavy (non-hydrogen) atoms. The van der Waals surface area contributed by atoms with Crippen molar-refractivity contribution in [3.63, 3.8) is 0 Å². The topological polar surface area (TPSA) is 63.8 Å². The zero-order valence-corrected chi connectivity index (χ0v) is 9.46. The molecule has 1 aliphatic carbocycles. The highest BCUT2D eigenvalue weighted by Gasteiger charge is 2.32. The van der Waals surface area contributed by atoms with E-state index in [-0.39, 0.29) is 6.01 Å². The minimum Gasteiger partial charge on any atom is -0.306 e. The van der Waals surface area contributed by atoms with Gasteiger partial charge in [-0.15, -0.1) is 11.6 Å². The number of aromatic nitrogens is 3. The van der Waals surface area contributed by atoms with E-state index < -0.39 is 9.71 Å². The normalized spacial score (nSPS) is 23.7. The van der Waals surface area contributed by atoms with Crippen molar-refractivity contribution < 1.29 is 4.52 Å². The van der Waals surface area contributed by atoms with Gasteiger partial charge in [-0.2, -0.15) is 0 Å². The van der Waals surface area contributed by atoms with Crippen LogP contribution in [0.15, 0.2) is 28.4 Å². The summed E-state index contributed by atoms with van der Waals surface area (Å²) >= 11 is 17.8. The molecule has 5 nitrogen and oxygen atoms in total. The summed E-state index contributed by atoms with van der Waals surface area (Å²) in [5.41, 5.74) is 0.614. The summed E-state index contributed by atoms with van der Waals surface area (Å²) in [7, 11) is 0. The third-order valence-electron chi connectivity index (χ3n) is 1.71. The van der Waals surface area contributed by atoms with Crippen molar-refractivity contribution in [2.24, 2.45) is 0 Å². The van der Waals surface area contributed by atoms with Crippen molar-refractivity contribution in [1.82, 2.24) is 15.6 Å². The molecule has 0 amide bonds. The Kier molecular flexibility index (Phi) is 2.86. The van der Waals surface area contributed by atoms with Crippen LogP contribution in [0.3, 0.4) is 0 Å². The van der Waals surface area contributed by atoms with Gasteiger partial charge < -0.3 is 5.32 Å². The molecule has 8 heteroatoms. The number of hydrogen-bond acceptors (Lipinski definition) is 5. The number of hydrogen-bond donors (Lipinski definition) is 1. The van der Waals surface area contributed by atoms with Crippen LogP contribution >= 0.6 is 34.8 Å².